The van der Waals surface area contributed by atoms with E-state index >= 15 is 0 Å². The van der Waals surface area contributed by atoms with Crippen molar-refractivity contribution in [3.05, 3.63) is 0 Å². The summed E-state index contributed by atoms with van der Waals surface area (Å²) in [5.74, 6) is 0. The molecule has 0 aliphatic rings. The van der Waals surface area contributed by atoms with Crippen molar-refractivity contribution in [2.24, 2.45) is 14.1 Å². The quantitative estimate of drug-likeness (QED) is 0.730. The van der Waals surface area contributed by atoms with Crippen molar-refractivity contribution < 1.29 is 0 Å². The molecule has 0 aromatic carbocycles. The lowest BCUT2D eigenvalue weighted by Crippen LogP contribution is -2.14. The summed E-state index contributed by atoms with van der Waals surface area (Å²) in [4.78, 5) is 0. The molecule has 2 rings (SSSR count). The van der Waals surface area contributed by atoms with Crippen LogP contribution in [0.2, 0.25) is 0 Å². The van der Waals surface area contributed by atoms with Gasteiger partial charge in [0.05, 0.1) is 0 Å². The lowest BCUT2D eigenvalue weighted by atomic mass is 10.4. The zero-order chi connectivity index (χ0) is 13.1. The minimum Gasteiger partial charge on any atom is -0.224 e. The fourth-order valence-corrected chi connectivity index (χ4v) is 3.09. The molecule has 18 heavy (non-hydrogen) atoms. The fraction of sp³-hybridized carbons (Fsp3) is 0.750. The van der Waals surface area contributed by atoms with Crippen molar-refractivity contribution in [3.63, 3.8) is 0 Å². The van der Waals surface area contributed by atoms with Gasteiger partial charge in [-0.1, -0.05) is 37.4 Å². The Morgan fingerprint density at radius 1 is 0.833 bits per heavy atom. The normalized spacial score (nSPS) is 14.7. The molecule has 10 heteroatoms. The summed E-state index contributed by atoms with van der Waals surface area (Å²) < 4.78 is 3.34. The number of rotatable bonds is 5. The molecular weight excluding hydrogens is 272 g/mol. The minimum absolute atomic E-state index is 0.344. The van der Waals surface area contributed by atoms with Crippen molar-refractivity contribution >= 4 is 23.5 Å². The topological polar surface area (TPSA) is 87.2 Å². The Kier molecular flexibility index (Phi) is 4.17. The molecule has 2 heterocycles. The molecule has 2 atom stereocenters. The largest absolute Gasteiger partial charge is 0.224 e. The maximum Gasteiger partial charge on any atom is 0.209 e. The second-order valence-corrected chi connectivity index (χ2v) is 6.50. The van der Waals surface area contributed by atoms with E-state index in [2.05, 4.69) is 44.9 Å². The van der Waals surface area contributed by atoms with Crippen molar-refractivity contribution in [1.29, 1.82) is 0 Å². The standard InChI is InChI=1S/C8H14N8S2/c1-5(17-7-9-11-13-15(7)3)6(2)18-8-10-12-14-16(8)4/h5-6H,1-4H3. The summed E-state index contributed by atoms with van der Waals surface area (Å²) in [5, 5.41) is 25.1. The summed E-state index contributed by atoms with van der Waals surface area (Å²) in [6.45, 7) is 4.28. The van der Waals surface area contributed by atoms with Crippen LogP contribution in [0.3, 0.4) is 0 Å². The molecule has 2 aromatic heterocycles. The highest BCUT2D eigenvalue weighted by Gasteiger charge is 2.19. The third kappa shape index (κ3) is 2.99. The van der Waals surface area contributed by atoms with Gasteiger partial charge in [0.2, 0.25) is 10.3 Å². The maximum absolute atomic E-state index is 3.96. The van der Waals surface area contributed by atoms with Gasteiger partial charge in [-0.05, 0) is 20.9 Å². The lowest BCUT2D eigenvalue weighted by Gasteiger charge is -2.16. The van der Waals surface area contributed by atoms with Gasteiger partial charge in [-0.3, -0.25) is 0 Å². The molecule has 0 amide bonds. The van der Waals surface area contributed by atoms with E-state index in [4.69, 9.17) is 0 Å². The van der Waals surface area contributed by atoms with E-state index in [0.29, 0.717) is 10.5 Å². The van der Waals surface area contributed by atoms with Crippen LogP contribution in [-0.4, -0.2) is 50.9 Å². The van der Waals surface area contributed by atoms with Gasteiger partial charge in [0.1, 0.15) is 0 Å². The van der Waals surface area contributed by atoms with Crippen LogP contribution in [0, 0.1) is 0 Å². The van der Waals surface area contributed by atoms with Crippen LogP contribution in [0.4, 0.5) is 0 Å². The Labute approximate surface area is 113 Å². The van der Waals surface area contributed by atoms with E-state index in [-0.39, 0.29) is 0 Å². The van der Waals surface area contributed by atoms with E-state index in [1.807, 2.05) is 14.1 Å². The minimum atomic E-state index is 0.344. The van der Waals surface area contributed by atoms with Gasteiger partial charge in [0.15, 0.2) is 0 Å². The zero-order valence-electron chi connectivity index (χ0n) is 10.5. The highest BCUT2D eigenvalue weighted by molar-refractivity contribution is 8.03. The Morgan fingerprint density at radius 3 is 1.50 bits per heavy atom. The highest BCUT2D eigenvalue weighted by Crippen LogP contribution is 2.31. The SMILES string of the molecule is CC(Sc1nnnn1C)C(C)Sc1nnnn1C. The summed E-state index contributed by atoms with van der Waals surface area (Å²) >= 11 is 3.28. The van der Waals surface area contributed by atoms with Crippen LogP contribution in [0.15, 0.2) is 10.3 Å². The van der Waals surface area contributed by atoms with E-state index in [9.17, 15) is 0 Å². The molecule has 0 saturated carbocycles. The van der Waals surface area contributed by atoms with Gasteiger partial charge in [0.25, 0.3) is 0 Å². The number of hydrogen-bond acceptors (Lipinski definition) is 8. The number of hydrogen-bond donors (Lipinski definition) is 0. The van der Waals surface area contributed by atoms with Gasteiger partial charge in [0, 0.05) is 24.6 Å². The second kappa shape index (κ2) is 5.65. The molecule has 98 valence electrons. The Bertz CT molecular complexity index is 462. The molecule has 2 unspecified atom stereocenters. The number of aryl methyl sites for hydroxylation is 2. The van der Waals surface area contributed by atoms with Gasteiger partial charge in [-0.2, -0.15) is 0 Å². The summed E-state index contributed by atoms with van der Waals surface area (Å²) in [7, 11) is 3.67. The molecule has 0 N–H and O–H groups in total. The third-order valence-corrected chi connectivity index (χ3v) is 5.25. The number of nitrogens with zero attached hydrogens (tertiary/aromatic N) is 8. The van der Waals surface area contributed by atoms with Gasteiger partial charge >= 0.3 is 0 Å². The number of aromatic nitrogens is 8. The summed E-state index contributed by atoms with van der Waals surface area (Å²) in [5.41, 5.74) is 0. The Balaban J connectivity index is 1.95. The lowest BCUT2D eigenvalue weighted by molar-refractivity contribution is 0.660. The average molecular weight is 286 g/mol. The average Bonchev–Trinajstić information content (AvgIpc) is 2.90. The first-order chi connectivity index (χ1) is 8.58. The first kappa shape index (κ1) is 13.3. The van der Waals surface area contributed by atoms with Crippen LogP contribution in [0.1, 0.15) is 13.8 Å². The third-order valence-electron chi connectivity index (χ3n) is 2.41. The number of tetrazole rings is 2. The summed E-state index contributed by atoms with van der Waals surface area (Å²) in [6, 6.07) is 0. The first-order valence-electron chi connectivity index (χ1n) is 5.36. The molecule has 0 bridgehead atoms. The van der Waals surface area contributed by atoms with Crippen molar-refractivity contribution in [1.82, 2.24) is 40.4 Å². The fourth-order valence-electron chi connectivity index (χ4n) is 1.17. The first-order valence-corrected chi connectivity index (χ1v) is 7.12. The van der Waals surface area contributed by atoms with Crippen LogP contribution >= 0.6 is 23.5 Å². The van der Waals surface area contributed by atoms with Gasteiger partial charge < -0.3 is 0 Å². The zero-order valence-corrected chi connectivity index (χ0v) is 12.2. The van der Waals surface area contributed by atoms with E-state index in [0.717, 1.165) is 10.3 Å². The van der Waals surface area contributed by atoms with E-state index in [1.165, 1.54) is 0 Å². The highest BCUT2D eigenvalue weighted by atomic mass is 32.2. The number of thioether (sulfide) groups is 2. The van der Waals surface area contributed by atoms with Crippen LogP contribution in [-0.2, 0) is 14.1 Å². The molecule has 2 aromatic rings. The van der Waals surface area contributed by atoms with Crippen LogP contribution < -0.4 is 0 Å². The Morgan fingerprint density at radius 2 is 1.22 bits per heavy atom. The molecule has 0 saturated heterocycles. The molecule has 0 radical (unpaired) electrons. The predicted molar refractivity (Wildman–Crippen MR) is 68.2 cm³/mol. The Hall–Kier alpha value is -1.16. The van der Waals surface area contributed by atoms with E-state index in [1.54, 1.807) is 32.9 Å². The van der Waals surface area contributed by atoms with Gasteiger partial charge in [-0.25, -0.2) is 9.36 Å². The van der Waals surface area contributed by atoms with Gasteiger partial charge in [-0.15, -0.1) is 10.2 Å². The predicted octanol–water partition coefficient (Wildman–Crippen LogP) is 0.395. The molecular formula is C8H14N8S2. The maximum atomic E-state index is 3.96. The monoisotopic (exact) mass is 286 g/mol. The molecule has 0 fully saturated rings. The second-order valence-electron chi connectivity index (χ2n) is 3.82. The van der Waals surface area contributed by atoms with Crippen molar-refractivity contribution in [3.8, 4) is 0 Å². The molecule has 0 aliphatic heterocycles. The molecule has 0 aliphatic carbocycles. The van der Waals surface area contributed by atoms with Crippen molar-refractivity contribution in [2.75, 3.05) is 0 Å². The van der Waals surface area contributed by atoms with Crippen molar-refractivity contribution in [2.45, 2.75) is 34.7 Å². The molecule has 8 nitrogen and oxygen atoms in total. The van der Waals surface area contributed by atoms with Crippen LogP contribution in [0.5, 0.6) is 0 Å². The van der Waals surface area contributed by atoms with E-state index < -0.39 is 0 Å². The smallest absolute Gasteiger partial charge is 0.209 e. The molecule has 0 spiro atoms. The summed E-state index contributed by atoms with van der Waals surface area (Å²) in [6.07, 6.45) is 0. The van der Waals surface area contributed by atoms with Crippen LogP contribution in [0.25, 0.3) is 0 Å².